The molecule has 1 amide bonds. The number of ether oxygens (including phenoxy) is 1. The van der Waals surface area contributed by atoms with E-state index in [1.54, 1.807) is 25.3 Å². The molecule has 1 aromatic heterocycles. The van der Waals surface area contributed by atoms with Crippen LogP contribution in [0.3, 0.4) is 0 Å². The second-order valence-electron chi connectivity index (χ2n) is 8.84. The molecule has 0 fully saturated rings. The Hall–Kier alpha value is -4.78. The van der Waals surface area contributed by atoms with E-state index < -0.39 is 23.5 Å². The predicted molar refractivity (Wildman–Crippen MR) is 141 cm³/mol. The highest BCUT2D eigenvalue weighted by Gasteiger charge is 2.42. The summed E-state index contributed by atoms with van der Waals surface area (Å²) < 4.78 is 5.35. The maximum absolute atomic E-state index is 13.3. The van der Waals surface area contributed by atoms with Gasteiger partial charge in [-0.2, -0.15) is 0 Å². The fourth-order valence-corrected chi connectivity index (χ4v) is 4.74. The molecular formula is C30H26N2O5. The Bertz CT molecular complexity index is 1530. The van der Waals surface area contributed by atoms with Crippen LogP contribution in [0.5, 0.6) is 11.5 Å². The fraction of sp³-hybridized carbons (Fsp3) is 0.133. The zero-order valence-electron chi connectivity index (χ0n) is 20.2. The van der Waals surface area contributed by atoms with E-state index in [1.165, 1.54) is 23.1 Å². The van der Waals surface area contributed by atoms with Gasteiger partial charge in [0.1, 0.15) is 11.5 Å². The number of phenols is 1. The molecule has 7 nitrogen and oxygen atoms in total. The maximum Gasteiger partial charge on any atom is 0.290 e. The number of nitrogens with zero attached hydrogens (tertiary/aromatic N) is 1. The number of aromatic hydroxyl groups is 1. The number of rotatable bonds is 8. The molecule has 1 atom stereocenters. The van der Waals surface area contributed by atoms with E-state index in [9.17, 15) is 19.8 Å². The molecule has 37 heavy (non-hydrogen) atoms. The van der Waals surface area contributed by atoms with Gasteiger partial charge in [-0.15, -0.1) is 0 Å². The minimum absolute atomic E-state index is 0.00615. The van der Waals surface area contributed by atoms with Gasteiger partial charge in [0, 0.05) is 23.6 Å². The number of aliphatic hydroxyl groups excluding tert-OH is 1. The third-order valence-electron chi connectivity index (χ3n) is 6.58. The van der Waals surface area contributed by atoms with Gasteiger partial charge in [-0.1, -0.05) is 48.5 Å². The number of aliphatic hydroxyl groups is 1. The molecule has 0 saturated heterocycles. The fourth-order valence-electron chi connectivity index (χ4n) is 4.74. The molecule has 0 bridgehead atoms. The van der Waals surface area contributed by atoms with Gasteiger partial charge in [-0.05, 0) is 59.5 Å². The first kappa shape index (κ1) is 23.9. The summed E-state index contributed by atoms with van der Waals surface area (Å²) in [6, 6.07) is 20.6. The number of hydrogen-bond donors (Lipinski definition) is 3. The van der Waals surface area contributed by atoms with Gasteiger partial charge in [0.2, 0.25) is 0 Å². The van der Waals surface area contributed by atoms with Crippen molar-refractivity contribution >= 4 is 28.7 Å². The Morgan fingerprint density at radius 2 is 1.86 bits per heavy atom. The van der Waals surface area contributed by atoms with Crippen LogP contribution >= 0.6 is 0 Å². The van der Waals surface area contributed by atoms with Crippen LogP contribution < -0.4 is 4.74 Å². The molecule has 5 rings (SSSR count). The minimum Gasteiger partial charge on any atom is -0.508 e. The van der Waals surface area contributed by atoms with Gasteiger partial charge in [0.05, 0.1) is 18.7 Å². The van der Waals surface area contributed by atoms with E-state index in [2.05, 4.69) is 4.98 Å². The van der Waals surface area contributed by atoms with E-state index in [0.29, 0.717) is 12.0 Å². The number of amides is 1. The number of nitrogens with one attached hydrogen (secondary N) is 1. The quantitative estimate of drug-likeness (QED) is 0.296. The SMILES string of the molecule is COc1ccc2[nH]cc(CCN3C(=O)C(O)=C(C(=O)/C=C/c4ccccc4)[C@@H]3c3cccc(O)c3)c2c1. The number of fused-ring (bicyclic) bond motifs is 1. The van der Waals surface area contributed by atoms with Crippen molar-refractivity contribution in [1.82, 2.24) is 9.88 Å². The molecule has 0 saturated carbocycles. The molecule has 0 unspecified atom stereocenters. The highest BCUT2D eigenvalue weighted by atomic mass is 16.5. The summed E-state index contributed by atoms with van der Waals surface area (Å²) in [4.78, 5) is 31.2. The first-order chi connectivity index (χ1) is 18.0. The Morgan fingerprint density at radius 3 is 2.62 bits per heavy atom. The van der Waals surface area contributed by atoms with Crippen LogP contribution in [0, 0.1) is 0 Å². The normalized spacial score (nSPS) is 15.8. The Labute approximate surface area is 213 Å². The van der Waals surface area contributed by atoms with E-state index in [-0.39, 0.29) is 17.9 Å². The molecule has 0 aliphatic carbocycles. The summed E-state index contributed by atoms with van der Waals surface area (Å²) in [5, 5.41) is 21.9. The first-order valence-electron chi connectivity index (χ1n) is 11.9. The van der Waals surface area contributed by atoms with Crippen LogP contribution in [0.4, 0.5) is 0 Å². The van der Waals surface area contributed by atoms with Crippen LogP contribution in [0.25, 0.3) is 17.0 Å². The van der Waals surface area contributed by atoms with Gasteiger partial charge in [0.15, 0.2) is 11.5 Å². The highest BCUT2D eigenvalue weighted by molar-refractivity contribution is 6.14. The number of aromatic amines is 1. The lowest BCUT2D eigenvalue weighted by molar-refractivity contribution is -0.129. The zero-order valence-corrected chi connectivity index (χ0v) is 20.2. The lowest BCUT2D eigenvalue weighted by Crippen LogP contribution is -2.33. The minimum atomic E-state index is -0.840. The molecule has 2 heterocycles. The van der Waals surface area contributed by atoms with E-state index in [4.69, 9.17) is 4.74 Å². The monoisotopic (exact) mass is 494 g/mol. The number of phenolic OH excluding ortho intramolecular Hbond substituents is 1. The van der Waals surface area contributed by atoms with Crippen molar-refractivity contribution in [3.63, 3.8) is 0 Å². The Balaban J connectivity index is 1.47. The zero-order chi connectivity index (χ0) is 25.9. The molecular weight excluding hydrogens is 468 g/mol. The summed E-state index contributed by atoms with van der Waals surface area (Å²) in [5.41, 5.74) is 3.26. The van der Waals surface area contributed by atoms with Crippen molar-refractivity contribution in [2.24, 2.45) is 0 Å². The number of methoxy groups -OCH3 is 1. The van der Waals surface area contributed by atoms with Crippen LogP contribution in [0.2, 0.25) is 0 Å². The third-order valence-corrected chi connectivity index (χ3v) is 6.58. The molecule has 186 valence electrons. The smallest absolute Gasteiger partial charge is 0.290 e. The number of carbonyl (C=O) groups excluding carboxylic acids is 2. The van der Waals surface area contributed by atoms with E-state index in [1.807, 2.05) is 54.7 Å². The van der Waals surface area contributed by atoms with Crippen molar-refractivity contribution in [2.45, 2.75) is 12.5 Å². The van der Waals surface area contributed by atoms with Crippen LogP contribution in [0.15, 0.2) is 96.4 Å². The standard InChI is InChI=1S/C30H26N2O5/c1-37-23-11-12-25-24(17-23)21(18-31-25)14-15-32-28(20-8-5-9-22(33)16-20)27(29(35)30(32)36)26(34)13-10-19-6-3-2-4-7-19/h2-13,16-18,28,31,33,35H,14-15H2,1H3/b13-10+/t28-/m0/s1. The molecule has 3 N–H and O–H groups in total. The van der Waals surface area contributed by atoms with Crippen molar-refractivity contribution in [2.75, 3.05) is 13.7 Å². The van der Waals surface area contributed by atoms with Gasteiger partial charge in [0.25, 0.3) is 5.91 Å². The van der Waals surface area contributed by atoms with Crippen LogP contribution in [0.1, 0.15) is 22.7 Å². The van der Waals surface area contributed by atoms with Crippen molar-refractivity contribution in [1.29, 1.82) is 0 Å². The van der Waals surface area contributed by atoms with Gasteiger partial charge in [-0.25, -0.2) is 0 Å². The first-order valence-corrected chi connectivity index (χ1v) is 11.9. The molecule has 0 radical (unpaired) electrons. The number of ketones is 1. The number of carbonyl (C=O) groups is 2. The summed E-state index contributed by atoms with van der Waals surface area (Å²) in [5.74, 6) is -0.937. The maximum atomic E-state index is 13.3. The van der Waals surface area contributed by atoms with Crippen molar-refractivity contribution in [3.8, 4) is 11.5 Å². The Kier molecular flexibility index (Phi) is 6.51. The molecule has 1 aliphatic heterocycles. The number of hydrogen-bond acceptors (Lipinski definition) is 5. The molecule has 4 aromatic rings. The van der Waals surface area contributed by atoms with E-state index in [0.717, 1.165) is 27.8 Å². The average molecular weight is 495 g/mol. The van der Waals surface area contributed by atoms with E-state index >= 15 is 0 Å². The summed E-state index contributed by atoms with van der Waals surface area (Å²) in [7, 11) is 1.61. The highest BCUT2D eigenvalue weighted by Crippen LogP contribution is 2.39. The predicted octanol–water partition coefficient (Wildman–Crippen LogP) is 5.10. The largest absolute Gasteiger partial charge is 0.508 e. The lowest BCUT2D eigenvalue weighted by atomic mass is 9.95. The van der Waals surface area contributed by atoms with Crippen molar-refractivity contribution in [3.05, 3.63) is 113 Å². The average Bonchev–Trinajstić information content (AvgIpc) is 3.44. The summed E-state index contributed by atoms with van der Waals surface area (Å²) >= 11 is 0. The van der Waals surface area contributed by atoms with Crippen molar-refractivity contribution < 1.29 is 24.5 Å². The molecule has 1 aliphatic rings. The Morgan fingerprint density at radius 1 is 1.05 bits per heavy atom. The number of H-pyrrole nitrogens is 1. The number of benzene rings is 3. The van der Waals surface area contributed by atoms with Gasteiger partial charge in [-0.3, -0.25) is 9.59 Å². The van der Waals surface area contributed by atoms with Gasteiger partial charge >= 0.3 is 0 Å². The molecule has 0 spiro atoms. The number of aromatic nitrogens is 1. The molecule has 7 heteroatoms. The third kappa shape index (κ3) is 4.71. The summed E-state index contributed by atoms with van der Waals surface area (Å²) in [6.45, 7) is 0.243. The topological polar surface area (TPSA) is 103 Å². The molecule has 3 aromatic carbocycles. The number of allylic oxidation sites excluding steroid dienone is 1. The van der Waals surface area contributed by atoms with Gasteiger partial charge < -0.3 is 24.8 Å². The second-order valence-corrected chi connectivity index (χ2v) is 8.84. The van der Waals surface area contributed by atoms with Crippen LogP contribution in [-0.4, -0.2) is 45.4 Å². The second kappa shape index (κ2) is 10.1. The lowest BCUT2D eigenvalue weighted by Gasteiger charge is -2.26. The summed E-state index contributed by atoms with van der Waals surface area (Å²) in [6.07, 6.45) is 5.37. The van der Waals surface area contributed by atoms with Crippen LogP contribution in [-0.2, 0) is 16.0 Å².